The molecule has 2 N–H and O–H groups in total. The molecule has 3 amide bonds. The number of ether oxygens (including phenoxy) is 1. The maximum atomic E-state index is 12.9. The molecule has 1 aromatic rings. The van der Waals surface area contributed by atoms with Crippen LogP contribution < -0.4 is 10.6 Å². The summed E-state index contributed by atoms with van der Waals surface area (Å²) in [6.45, 7) is 5.48. The average Bonchev–Trinajstić information content (AvgIpc) is 3.28. The standard InChI is InChI=1S/C22H29N4O3/c23-20(27)19-18-2-1-10-25(18)21(28)26(19)17-5-3-16(4-6-17)22(7-8-22)9-11-24-12-14-29-15-13-24/h2-6,18-19H,1,7-15H2,(H2,23,27)/t18-,19?/m1/s1. The fourth-order valence-corrected chi connectivity index (χ4v) is 5.17. The third-order valence-corrected chi connectivity index (χ3v) is 7.10. The molecule has 1 aromatic carbocycles. The molecule has 0 spiro atoms. The maximum Gasteiger partial charge on any atom is 0.325 e. The number of urea groups is 1. The molecular formula is C22H29N4O3. The molecule has 1 unspecified atom stereocenters. The second kappa shape index (κ2) is 7.29. The Labute approximate surface area is 171 Å². The number of nitrogens with two attached hydrogens (primary N) is 1. The molecule has 3 aliphatic heterocycles. The van der Waals surface area contributed by atoms with Crippen LogP contribution in [0.2, 0.25) is 0 Å². The molecule has 3 saturated heterocycles. The van der Waals surface area contributed by atoms with Crippen LogP contribution in [-0.2, 0) is 14.9 Å². The molecule has 4 fully saturated rings. The summed E-state index contributed by atoms with van der Waals surface area (Å²) in [7, 11) is 0. The lowest BCUT2D eigenvalue weighted by Crippen LogP contribution is -2.46. The topological polar surface area (TPSA) is 79.1 Å². The first-order valence-electron chi connectivity index (χ1n) is 10.7. The van der Waals surface area contributed by atoms with E-state index >= 15 is 0 Å². The smallest absolute Gasteiger partial charge is 0.325 e. The number of fused-ring (bicyclic) bond motifs is 1. The summed E-state index contributed by atoms with van der Waals surface area (Å²) in [5, 5.41) is 0. The van der Waals surface area contributed by atoms with Crippen LogP contribution in [0.25, 0.3) is 0 Å². The van der Waals surface area contributed by atoms with Gasteiger partial charge in [0.15, 0.2) is 0 Å². The van der Waals surface area contributed by atoms with Gasteiger partial charge in [-0.25, -0.2) is 4.79 Å². The van der Waals surface area contributed by atoms with Crippen molar-refractivity contribution in [2.24, 2.45) is 5.73 Å². The van der Waals surface area contributed by atoms with E-state index in [4.69, 9.17) is 10.5 Å². The maximum absolute atomic E-state index is 12.9. The Bertz CT molecular complexity index is 786. The number of carbonyl (C=O) groups is 2. The zero-order chi connectivity index (χ0) is 20.0. The van der Waals surface area contributed by atoms with Crippen molar-refractivity contribution in [1.29, 1.82) is 0 Å². The number of rotatable bonds is 6. The molecule has 29 heavy (non-hydrogen) atoms. The third kappa shape index (κ3) is 3.30. The fraction of sp³-hybridized carbons (Fsp3) is 0.591. The largest absolute Gasteiger partial charge is 0.379 e. The molecule has 1 radical (unpaired) electrons. The van der Waals surface area contributed by atoms with Gasteiger partial charge in [0.2, 0.25) is 5.91 Å². The van der Waals surface area contributed by atoms with Gasteiger partial charge < -0.3 is 15.4 Å². The minimum absolute atomic E-state index is 0.117. The molecule has 7 nitrogen and oxygen atoms in total. The van der Waals surface area contributed by atoms with Gasteiger partial charge in [0.05, 0.1) is 19.3 Å². The monoisotopic (exact) mass is 397 g/mol. The summed E-state index contributed by atoms with van der Waals surface area (Å²) in [6, 6.07) is 7.31. The first-order valence-corrected chi connectivity index (χ1v) is 10.7. The molecule has 155 valence electrons. The lowest BCUT2D eigenvalue weighted by molar-refractivity contribution is -0.119. The van der Waals surface area contributed by atoms with E-state index in [0.717, 1.165) is 51.4 Å². The molecule has 7 heteroatoms. The van der Waals surface area contributed by atoms with Crippen molar-refractivity contribution in [1.82, 2.24) is 9.80 Å². The van der Waals surface area contributed by atoms with Crippen LogP contribution >= 0.6 is 0 Å². The van der Waals surface area contributed by atoms with Crippen molar-refractivity contribution in [3.8, 4) is 0 Å². The number of amides is 3. The zero-order valence-electron chi connectivity index (χ0n) is 16.8. The summed E-state index contributed by atoms with van der Waals surface area (Å²) >= 11 is 0. The Hall–Kier alpha value is -2.12. The Balaban J connectivity index is 1.31. The highest BCUT2D eigenvalue weighted by molar-refractivity contribution is 6.04. The van der Waals surface area contributed by atoms with E-state index in [1.165, 1.54) is 18.4 Å². The van der Waals surface area contributed by atoms with E-state index in [-0.39, 0.29) is 17.5 Å². The number of anilines is 1. The number of primary amides is 1. The summed E-state index contributed by atoms with van der Waals surface area (Å²) in [6.07, 6.45) is 6.44. The van der Waals surface area contributed by atoms with Crippen LogP contribution in [0, 0.1) is 6.42 Å². The van der Waals surface area contributed by atoms with Gasteiger partial charge in [-0.3, -0.25) is 14.6 Å². The van der Waals surface area contributed by atoms with Crippen LogP contribution in [0.1, 0.15) is 31.2 Å². The number of morpholine rings is 1. The number of carbonyl (C=O) groups excluding carboxylic acids is 2. The average molecular weight is 397 g/mol. The Kier molecular flexibility index (Phi) is 4.75. The lowest BCUT2D eigenvalue weighted by Gasteiger charge is -2.29. The summed E-state index contributed by atoms with van der Waals surface area (Å²) < 4.78 is 5.44. The van der Waals surface area contributed by atoms with Gasteiger partial charge in [0.1, 0.15) is 6.04 Å². The van der Waals surface area contributed by atoms with Gasteiger partial charge in [0.25, 0.3) is 0 Å². The van der Waals surface area contributed by atoms with Crippen LogP contribution in [0.3, 0.4) is 0 Å². The molecule has 0 aromatic heterocycles. The Morgan fingerprint density at radius 3 is 2.52 bits per heavy atom. The predicted molar refractivity (Wildman–Crippen MR) is 109 cm³/mol. The van der Waals surface area contributed by atoms with Gasteiger partial charge in [-0.15, -0.1) is 0 Å². The minimum atomic E-state index is -0.618. The predicted octanol–water partition coefficient (Wildman–Crippen LogP) is 1.51. The highest BCUT2D eigenvalue weighted by Crippen LogP contribution is 2.51. The quantitative estimate of drug-likeness (QED) is 0.789. The number of benzene rings is 1. The SMILES string of the molecule is NC(=O)C1[C@H]2[CH]CCN2C(=O)N1c1ccc(C2(CCN3CCOCC3)CC2)cc1. The van der Waals surface area contributed by atoms with Crippen molar-refractivity contribution in [2.45, 2.75) is 43.2 Å². The van der Waals surface area contributed by atoms with E-state index in [9.17, 15) is 9.59 Å². The van der Waals surface area contributed by atoms with E-state index < -0.39 is 11.9 Å². The van der Waals surface area contributed by atoms with Crippen molar-refractivity contribution >= 4 is 17.6 Å². The lowest BCUT2D eigenvalue weighted by atomic mass is 9.91. The summed E-state index contributed by atoms with van der Waals surface area (Å²) in [5.74, 6) is -0.447. The summed E-state index contributed by atoms with van der Waals surface area (Å²) in [5.41, 5.74) is 8.03. The first kappa shape index (κ1) is 18.9. The molecule has 1 aliphatic carbocycles. The summed E-state index contributed by atoms with van der Waals surface area (Å²) in [4.78, 5) is 30.8. The molecular weight excluding hydrogens is 368 g/mol. The highest BCUT2D eigenvalue weighted by atomic mass is 16.5. The normalized spacial score (nSPS) is 28.6. The van der Waals surface area contributed by atoms with Crippen LogP contribution in [-0.4, -0.2) is 73.2 Å². The molecule has 5 rings (SSSR count). The van der Waals surface area contributed by atoms with Gasteiger partial charge in [-0.1, -0.05) is 12.1 Å². The van der Waals surface area contributed by atoms with Crippen LogP contribution in [0.15, 0.2) is 24.3 Å². The van der Waals surface area contributed by atoms with Crippen LogP contribution in [0.4, 0.5) is 10.5 Å². The highest BCUT2D eigenvalue weighted by Gasteiger charge is 2.51. The minimum Gasteiger partial charge on any atom is -0.379 e. The molecule has 3 heterocycles. The second-order valence-corrected chi connectivity index (χ2v) is 8.74. The van der Waals surface area contributed by atoms with Gasteiger partial charge in [-0.2, -0.15) is 0 Å². The van der Waals surface area contributed by atoms with Gasteiger partial charge in [-0.05, 0) is 61.8 Å². The van der Waals surface area contributed by atoms with Crippen LogP contribution in [0.5, 0.6) is 0 Å². The molecule has 0 bridgehead atoms. The molecule has 2 atom stereocenters. The van der Waals surface area contributed by atoms with Crippen molar-refractivity contribution in [3.05, 3.63) is 36.2 Å². The van der Waals surface area contributed by atoms with E-state index in [0.29, 0.717) is 6.54 Å². The number of hydrogen-bond donors (Lipinski definition) is 1. The Morgan fingerprint density at radius 1 is 1.14 bits per heavy atom. The van der Waals surface area contributed by atoms with Gasteiger partial charge in [0, 0.05) is 25.3 Å². The van der Waals surface area contributed by atoms with E-state index in [1.54, 1.807) is 9.80 Å². The number of hydrogen-bond acceptors (Lipinski definition) is 4. The fourth-order valence-electron chi connectivity index (χ4n) is 5.17. The van der Waals surface area contributed by atoms with Crippen molar-refractivity contribution in [3.63, 3.8) is 0 Å². The van der Waals surface area contributed by atoms with Crippen molar-refractivity contribution in [2.75, 3.05) is 44.3 Å². The Morgan fingerprint density at radius 2 is 1.86 bits per heavy atom. The third-order valence-electron chi connectivity index (χ3n) is 7.10. The first-order chi connectivity index (χ1) is 14.1. The molecule has 1 saturated carbocycles. The van der Waals surface area contributed by atoms with E-state index in [2.05, 4.69) is 17.0 Å². The zero-order valence-corrected chi connectivity index (χ0v) is 16.8. The molecule has 4 aliphatic rings. The van der Waals surface area contributed by atoms with Crippen molar-refractivity contribution < 1.29 is 14.3 Å². The van der Waals surface area contributed by atoms with Gasteiger partial charge >= 0.3 is 6.03 Å². The second-order valence-electron chi connectivity index (χ2n) is 8.74. The van der Waals surface area contributed by atoms with E-state index in [1.807, 2.05) is 18.6 Å². The number of nitrogens with zero attached hydrogens (tertiary/aromatic N) is 3.